The van der Waals surface area contributed by atoms with E-state index in [0.29, 0.717) is 11.3 Å². The van der Waals surface area contributed by atoms with Gasteiger partial charge in [0.15, 0.2) is 0 Å². The molecule has 3 nitrogen and oxygen atoms in total. The third-order valence-electron chi connectivity index (χ3n) is 4.53. The van der Waals surface area contributed by atoms with Crippen LogP contribution in [0.2, 0.25) is 0 Å². The summed E-state index contributed by atoms with van der Waals surface area (Å²) in [6, 6.07) is 0. The molecule has 0 spiro atoms. The SMILES string of the molecule is CCCn1cc(C2CC(C)(C)CCC2CNC)cn1. The van der Waals surface area contributed by atoms with Gasteiger partial charge >= 0.3 is 0 Å². The molecular formula is C16H29N3. The highest BCUT2D eigenvalue weighted by Gasteiger charge is 2.35. The van der Waals surface area contributed by atoms with Crippen molar-refractivity contribution in [3.05, 3.63) is 18.0 Å². The van der Waals surface area contributed by atoms with Crippen LogP contribution in [-0.4, -0.2) is 23.4 Å². The van der Waals surface area contributed by atoms with Crippen molar-refractivity contribution in [2.75, 3.05) is 13.6 Å². The number of nitrogens with one attached hydrogen (secondary N) is 1. The van der Waals surface area contributed by atoms with Crippen LogP contribution in [0.4, 0.5) is 0 Å². The van der Waals surface area contributed by atoms with E-state index in [-0.39, 0.29) is 0 Å². The fourth-order valence-electron chi connectivity index (χ4n) is 3.46. The summed E-state index contributed by atoms with van der Waals surface area (Å²) < 4.78 is 2.10. The normalized spacial score (nSPS) is 26.5. The van der Waals surface area contributed by atoms with Crippen molar-refractivity contribution < 1.29 is 0 Å². The van der Waals surface area contributed by atoms with Crippen LogP contribution in [0.15, 0.2) is 12.4 Å². The minimum atomic E-state index is 0.474. The molecule has 0 bridgehead atoms. The predicted octanol–water partition coefficient (Wildman–Crippen LogP) is 3.42. The van der Waals surface area contributed by atoms with Crippen LogP contribution < -0.4 is 5.32 Å². The summed E-state index contributed by atoms with van der Waals surface area (Å²) in [6.45, 7) is 9.18. The maximum absolute atomic E-state index is 4.52. The number of hydrogen-bond donors (Lipinski definition) is 1. The zero-order valence-corrected chi connectivity index (χ0v) is 12.9. The Balaban J connectivity index is 2.15. The van der Waals surface area contributed by atoms with E-state index in [1.807, 2.05) is 0 Å². The standard InChI is InChI=1S/C16H29N3/c1-5-8-19-12-14(11-18-19)15-9-16(2,3)7-6-13(15)10-17-4/h11-13,15,17H,5-10H2,1-4H3. The van der Waals surface area contributed by atoms with Gasteiger partial charge < -0.3 is 5.32 Å². The highest BCUT2D eigenvalue weighted by Crippen LogP contribution is 2.46. The van der Waals surface area contributed by atoms with Gasteiger partial charge in [-0.05, 0) is 62.1 Å². The van der Waals surface area contributed by atoms with Crippen molar-refractivity contribution in [3.63, 3.8) is 0 Å². The van der Waals surface area contributed by atoms with Gasteiger partial charge in [0.2, 0.25) is 0 Å². The molecule has 108 valence electrons. The second-order valence-electron chi connectivity index (χ2n) is 6.87. The monoisotopic (exact) mass is 263 g/mol. The lowest BCUT2D eigenvalue weighted by molar-refractivity contribution is 0.161. The molecule has 3 heteroatoms. The molecule has 2 rings (SSSR count). The molecule has 1 heterocycles. The molecule has 1 aromatic heterocycles. The predicted molar refractivity (Wildman–Crippen MR) is 80.3 cm³/mol. The molecule has 2 atom stereocenters. The molecule has 1 fully saturated rings. The summed E-state index contributed by atoms with van der Waals surface area (Å²) in [5, 5.41) is 7.89. The average molecular weight is 263 g/mol. The molecule has 0 radical (unpaired) electrons. The van der Waals surface area contributed by atoms with Crippen molar-refractivity contribution in [2.24, 2.45) is 11.3 Å². The van der Waals surface area contributed by atoms with Gasteiger partial charge in [0.25, 0.3) is 0 Å². The summed E-state index contributed by atoms with van der Waals surface area (Å²) in [4.78, 5) is 0. The Labute approximate surface area is 117 Å². The summed E-state index contributed by atoms with van der Waals surface area (Å²) >= 11 is 0. The number of aromatic nitrogens is 2. The summed E-state index contributed by atoms with van der Waals surface area (Å²) in [5.41, 5.74) is 1.92. The molecule has 1 aliphatic rings. The Hall–Kier alpha value is -0.830. The maximum atomic E-state index is 4.52. The zero-order chi connectivity index (χ0) is 13.9. The van der Waals surface area contributed by atoms with Gasteiger partial charge in [0.05, 0.1) is 6.20 Å². The molecule has 0 amide bonds. The highest BCUT2D eigenvalue weighted by atomic mass is 15.3. The first-order valence-corrected chi connectivity index (χ1v) is 7.72. The Morgan fingerprint density at radius 1 is 1.47 bits per heavy atom. The van der Waals surface area contributed by atoms with Gasteiger partial charge in [-0.3, -0.25) is 4.68 Å². The van der Waals surface area contributed by atoms with Crippen molar-refractivity contribution in [1.82, 2.24) is 15.1 Å². The first kappa shape index (κ1) is 14.6. The number of rotatable bonds is 5. The second-order valence-corrected chi connectivity index (χ2v) is 6.87. The zero-order valence-electron chi connectivity index (χ0n) is 12.9. The topological polar surface area (TPSA) is 29.9 Å². The van der Waals surface area contributed by atoms with Crippen LogP contribution in [0.5, 0.6) is 0 Å². The maximum Gasteiger partial charge on any atom is 0.0524 e. The smallest absolute Gasteiger partial charge is 0.0524 e. The fraction of sp³-hybridized carbons (Fsp3) is 0.812. The quantitative estimate of drug-likeness (QED) is 0.882. The summed E-state index contributed by atoms with van der Waals surface area (Å²) in [7, 11) is 2.07. The molecule has 0 saturated heterocycles. The van der Waals surface area contributed by atoms with Gasteiger partial charge in [-0.2, -0.15) is 5.10 Å². The minimum Gasteiger partial charge on any atom is -0.319 e. The number of aryl methyl sites for hydroxylation is 1. The van der Waals surface area contributed by atoms with E-state index in [2.05, 4.69) is 55.3 Å². The molecule has 2 unspecified atom stereocenters. The van der Waals surface area contributed by atoms with Crippen LogP contribution in [0.3, 0.4) is 0 Å². The van der Waals surface area contributed by atoms with Gasteiger partial charge in [-0.1, -0.05) is 20.8 Å². The van der Waals surface area contributed by atoms with Crippen LogP contribution >= 0.6 is 0 Å². The van der Waals surface area contributed by atoms with E-state index >= 15 is 0 Å². The average Bonchev–Trinajstić information content (AvgIpc) is 2.80. The summed E-state index contributed by atoms with van der Waals surface area (Å²) in [5.74, 6) is 1.43. The number of hydrogen-bond acceptors (Lipinski definition) is 2. The van der Waals surface area contributed by atoms with Gasteiger partial charge in [-0.25, -0.2) is 0 Å². The Morgan fingerprint density at radius 3 is 2.95 bits per heavy atom. The molecule has 1 N–H and O–H groups in total. The molecular weight excluding hydrogens is 234 g/mol. The van der Waals surface area contributed by atoms with E-state index in [1.165, 1.54) is 24.8 Å². The summed E-state index contributed by atoms with van der Waals surface area (Å²) in [6.07, 6.45) is 9.49. The first-order valence-electron chi connectivity index (χ1n) is 7.72. The van der Waals surface area contributed by atoms with E-state index in [9.17, 15) is 0 Å². The lowest BCUT2D eigenvalue weighted by Gasteiger charge is -2.40. The van der Waals surface area contributed by atoms with Crippen LogP contribution in [0, 0.1) is 11.3 Å². The highest BCUT2D eigenvalue weighted by molar-refractivity contribution is 5.15. The van der Waals surface area contributed by atoms with Crippen molar-refractivity contribution in [1.29, 1.82) is 0 Å². The van der Waals surface area contributed by atoms with Crippen molar-refractivity contribution in [2.45, 2.75) is 58.9 Å². The molecule has 0 aromatic carbocycles. The van der Waals surface area contributed by atoms with E-state index in [1.54, 1.807) is 0 Å². The van der Waals surface area contributed by atoms with Crippen LogP contribution in [-0.2, 0) is 6.54 Å². The number of nitrogens with zero attached hydrogens (tertiary/aromatic N) is 2. The van der Waals surface area contributed by atoms with E-state index < -0.39 is 0 Å². The van der Waals surface area contributed by atoms with Crippen LogP contribution in [0.1, 0.15) is 57.9 Å². The fourth-order valence-corrected chi connectivity index (χ4v) is 3.46. The molecule has 1 aliphatic carbocycles. The van der Waals surface area contributed by atoms with E-state index in [4.69, 9.17) is 0 Å². The van der Waals surface area contributed by atoms with Gasteiger partial charge in [-0.15, -0.1) is 0 Å². The lowest BCUT2D eigenvalue weighted by Crippen LogP contribution is -2.33. The first-order chi connectivity index (χ1) is 9.05. The molecule has 19 heavy (non-hydrogen) atoms. The van der Waals surface area contributed by atoms with Gasteiger partial charge in [0, 0.05) is 12.7 Å². The molecule has 0 aliphatic heterocycles. The van der Waals surface area contributed by atoms with E-state index in [0.717, 1.165) is 25.4 Å². The Bertz CT molecular complexity index is 394. The third kappa shape index (κ3) is 3.59. The Kier molecular flexibility index (Phi) is 4.67. The molecule has 1 saturated carbocycles. The van der Waals surface area contributed by atoms with Crippen molar-refractivity contribution in [3.8, 4) is 0 Å². The largest absolute Gasteiger partial charge is 0.319 e. The van der Waals surface area contributed by atoms with Gasteiger partial charge in [0.1, 0.15) is 0 Å². The lowest BCUT2D eigenvalue weighted by atomic mass is 9.65. The third-order valence-corrected chi connectivity index (χ3v) is 4.53. The van der Waals surface area contributed by atoms with Crippen LogP contribution in [0.25, 0.3) is 0 Å². The minimum absolute atomic E-state index is 0.474. The molecule has 1 aromatic rings. The second kappa shape index (κ2) is 6.08. The van der Waals surface area contributed by atoms with Crippen molar-refractivity contribution >= 4 is 0 Å². The Morgan fingerprint density at radius 2 is 2.26 bits per heavy atom.